The number of fused-ring (bicyclic) bond motifs is 3. The molecule has 1 unspecified atom stereocenters. The minimum atomic E-state index is -0.663. The number of nitrogens with one attached hydrogen (secondary N) is 1. The van der Waals surface area contributed by atoms with Crippen LogP contribution in [0.25, 0.3) is 21.8 Å². The highest BCUT2D eigenvalue weighted by Crippen LogP contribution is 2.30. The summed E-state index contributed by atoms with van der Waals surface area (Å²) in [7, 11) is 0. The molecule has 4 rings (SSSR count). The highest BCUT2D eigenvalue weighted by atomic mass is 16.5. The Labute approximate surface area is 182 Å². The second-order valence-electron chi connectivity index (χ2n) is 7.90. The molecule has 2 N–H and O–H groups in total. The van der Waals surface area contributed by atoms with E-state index in [1.807, 2.05) is 6.07 Å². The molecule has 0 saturated carbocycles. The van der Waals surface area contributed by atoms with Crippen molar-refractivity contribution in [3.8, 4) is 5.75 Å². The molecule has 0 bridgehead atoms. The Balaban J connectivity index is 1.51. The molecule has 0 spiro atoms. The van der Waals surface area contributed by atoms with Gasteiger partial charge in [0.1, 0.15) is 18.5 Å². The van der Waals surface area contributed by atoms with Crippen molar-refractivity contribution < 1.29 is 14.6 Å². The van der Waals surface area contributed by atoms with Gasteiger partial charge in [0.15, 0.2) is 0 Å². The van der Waals surface area contributed by atoms with Crippen molar-refractivity contribution in [1.29, 1.82) is 0 Å². The smallest absolute Gasteiger partial charge is 0.221 e. The number of carbonyl (C=O) groups is 1. The number of para-hydroxylation sites is 1. The molecule has 1 heterocycles. The van der Waals surface area contributed by atoms with Crippen LogP contribution in [-0.2, 0) is 17.8 Å². The van der Waals surface area contributed by atoms with Gasteiger partial charge in [0.05, 0.1) is 6.54 Å². The fourth-order valence-electron chi connectivity index (χ4n) is 4.04. The van der Waals surface area contributed by atoms with E-state index in [-0.39, 0.29) is 12.5 Å². The van der Waals surface area contributed by atoms with Gasteiger partial charge in [-0.3, -0.25) is 4.79 Å². The Morgan fingerprint density at radius 2 is 1.77 bits per heavy atom. The molecule has 4 aromatic rings. The molecule has 0 saturated heterocycles. The van der Waals surface area contributed by atoms with Crippen molar-refractivity contribution in [1.82, 2.24) is 4.57 Å². The van der Waals surface area contributed by atoms with Crippen LogP contribution in [0, 0.1) is 0 Å². The lowest BCUT2D eigenvalue weighted by atomic mass is 10.1. The van der Waals surface area contributed by atoms with Crippen molar-refractivity contribution in [3.63, 3.8) is 0 Å². The van der Waals surface area contributed by atoms with Crippen molar-refractivity contribution in [2.75, 3.05) is 11.9 Å². The summed E-state index contributed by atoms with van der Waals surface area (Å²) in [6.07, 6.45) is 1.52. The summed E-state index contributed by atoms with van der Waals surface area (Å²) in [6.45, 7) is 4.29. The van der Waals surface area contributed by atoms with Crippen molar-refractivity contribution in [3.05, 3.63) is 72.3 Å². The van der Waals surface area contributed by atoms with E-state index in [4.69, 9.17) is 4.74 Å². The van der Waals surface area contributed by atoms with Crippen LogP contribution in [0.3, 0.4) is 0 Å². The first kappa shape index (κ1) is 20.9. The summed E-state index contributed by atoms with van der Waals surface area (Å²) in [5.41, 5.74) is 4.29. The van der Waals surface area contributed by atoms with Gasteiger partial charge in [-0.2, -0.15) is 0 Å². The Kier molecular flexibility index (Phi) is 6.23. The maximum absolute atomic E-state index is 11.1. The summed E-state index contributed by atoms with van der Waals surface area (Å²) in [4.78, 5) is 11.1. The standard InChI is InChI=1S/C26H28N2O3/c1-3-6-19-9-14-26-24(15-19)23-7-4-5-8-25(23)28(26)16-21(30)17-31-22-12-10-20(11-13-22)27-18(2)29/h4-5,7-15,21,30H,3,6,16-17H2,1-2H3,(H,27,29). The minimum absolute atomic E-state index is 0.114. The van der Waals surface area contributed by atoms with E-state index < -0.39 is 6.10 Å². The zero-order valence-corrected chi connectivity index (χ0v) is 18.0. The Hall–Kier alpha value is -3.31. The van der Waals surface area contributed by atoms with E-state index in [9.17, 15) is 9.90 Å². The van der Waals surface area contributed by atoms with Gasteiger partial charge in [-0.25, -0.2) is 0 Å². The topological polar surface area (TPSA) is 63.5 Å². The number of aliphatic hydroxyl groups excluding tert-OH is 1. The summed E-state index contributed by atoms with van der Waals surface area (Å²) >= 11 is 0. The first-order chi connectivity index (χ1) is 15.0. The van der Waals surface area contributed by atoms with Gasteiger partial charge in [-0.15, -0.1) is 0 Å². The normalized spacial score (nSPS) is 12.2. The largest absolute Gasteiger partial charge is 0.491 e. The lowest BCUT2D eigenvalue weighted by Gasteiger charge is -2.15. The minimum Gasteiger partial charge on any atom is -0.491 e. The van der Waals surface area contributed by atoms with Gasteiger partial charge in [-0.1, -0.05) is 37.6 Å². The number of nitrogens with zero attached hydrogens (tertiary/aromatic N) is 1. The average molecular weight is 417 g/mol. The lowest BCUT2D eigenvalue weighted by Crippen LogP contribution is -2.23. The predicted octanol–water partition coefficient (Wildman–Crippen LogP) is 5.15. The monoisotopic (exact) mass is 416 g/mol. The molecular weight excluding hydrogens is 388 g/mol. The summed E-state index contributed by atoms with van der Waals surface area (Å²) in [5, 5.41) is 15.9. The Morgan fingerprint density at radius 1 is 1.03 bits per heavy atom. The van der Waals surface area contributed by atoms with Gasteiger partial charge >= 0.3 is 0 Å². The number of benzene rings is 3. The maximum atomic E-state index is 11.1. The maximum Gasteiger partial charge on any atom is 0.221 e. The van der Waals surface area contributed by atoms with Crippen molar-refractivity contribution in [2.45, 2.75) is 39.3 Å². The fraction of sp³-hybridized carbons (Fsp3) is 0.269. The van der Waals surface area contributed by atoms with E-state index in [0.29, 0.717) is 18.0 Å². The highest BCUT2D eigenvalue weighted by Gasteiger charge is 2.14. The average Bonchev–Trinajstić information content (AvgIpc) is 3.06. The number of aromatic nitrogens is 1. The number of rotatable bonds is 8. The lowest BCUT2D eigenvalue weighted by molar-refractivity contribution is -0.114. The third kappa shape index (κ3) is 4.72. The number of hydrogen-bond acceptors (Lipinski definition) is 3. The molecule has 31 heavy (non-hydrogen) atoms. The van der Waals surface area contributed by atoms with Crippen LogP contribution in [0.15, 0.2) is 66.7 Å². The summed E-state index contributed by atoms with van der Waals surface area (Å²) in [5.74, 6) is 0.539. The number of aliphatic hydroxyl groups is 1. The molecule has 1 atom stereocenters. The second kappa shape index (κ2) is 9.23. The quantitative estimate of drug-likeness (QED) is 0.418. The van der Waals surface area contributed by atoms with Crippen LogP contribution >= 0.6 is 0 Å². The van der Waals surface area contributed by atoms with Gasteiger partial charge < -0.3 is 19.7 Å². The molecule has 0 fully saturated rings. The van der Waals surface area contributed by atoms with E-state index in [2.05, 4.69) is 53.2 Å². The van der Waals surface area contributed by atoms with Crippen LogP contribution in [0.2, 0.25) is 0 Å². The van der Waals surface area contributed by atoms with E-state index in [0.717, 1.165) is 23.9 Å². The third-order valence-electron chi connectivity index (χ3n) is 5.39. The highest BCUT2D eigenvalue weighted by molar-refractivity contribution is 6.08. The number of ether oxygens (including phenoxy) is 1. The molecule has 160 valence electrons. The second-order valence-corrected chi connectivity index (χ2v) is 7.90. The molecule has 3 aromatic carbocycles. The Bertz CT molecular complexity index is 1190. The number of carbonyl (C=O) groups excluding carboxylic acids is 1. The van der Waals surface area contributed by atoms with Gasteiger partial charge in [0.25, 0.3) is 0 Å². The van der Waals surface area contributed by atoms with Gasteiger partial charge in [-0.05, 0) is 54.4 Å². The van der Waals surface area contributed by atoms with E-state index in [1.54, 1.807) is 24.3 Å². The van der Waals surface area contributed by atoms with Gasteiger partial charge in [0, 0.05) is 34.4 Å². The molecule has 0 aliphatic heterocycles. The van der Waals surface area contributed by atoms with E-state index >= 15 is 0 Å². The fourth-order valence-corrected chi connectivity index (χ4v) is 4.04. The third-order valence-corrected chi connectivity index (χ3v) is 5.39. The number of hydrogen-bond donors (Lipinski definition) is 2. The first-order valence-electron chi connectivity index (χ1n) is 10.7. The molecule has 0 aliphatic rings. The van der Waals surface area contributed by atoms with Gasteiger partial charge in [0.2, 0.25) is 5.91 Å². The van der Waals surface area contributed by atoms with Crippen molar-refractivity contribution >= 4 is 33.4 Å². The van der Waals surface area contributed by atoms with Crippen LogP contribution in [0.5, 0.6) is 5.75 Å². The van der Waals surface area contributed by atoms with Crippen LogP contribution in [0.4, 0.5) is 5.69 Å². The first-order valence-corrected chi connectivity index (χ1v) is 10.7. The number of amides is 1. The summed E-state index contributed by atoms with van der Waals surface area (Å²) < 4.78 is 7.95. The van der Waals surface area contributed by atoms with E-state index in [1.165, 1.54) is 23.3 Å². The van der Waals surface area contributed by atoms with Crippen LogP contribution in [-0.4, -0.2) is 28.3 Å². The SMILES string of the molecule is CCCc1ccc2c(c1)c1ccccc1n2CC(O)COc1ccc(NC(C)=O)cc1. The summed E-state index contributed by atoms with van der Waals surface area (Å²) in [6, 6.07) is 22.1. The van der Waals surface area contributed by atoms with Crippen molar-refractivity contribution in [2.24, 2.45) is 0 Å². The number of aryl methyl sites for hydroxylation is 1. The number of anilines is 1. The molecule has 5 heteroatoms. The molecule has 1 aromatic heterocycles. The zero-order valence-electron chi connectivity index (χ0n) is 18.0. The van der Waals surface area contributed by atoms with Crippen LogP contribution < -0.4 is 10.1 Å². The molecule has 0 radical (unpaired) electrons. The predicted molar refractivity (Wildman–Crippen MR) is 126 cm³/mol. The molecule has 5 nitrogen and oxygen atoms in total. The molecule has 1 amide bonds. The van der Waals surface area contributed by atoms with Crippen LogP contribution in [0.1, 0.15) is 25.8 Å². The zero-order chi connectivity index (χ0) is 21.8. The Morgan fingerprint density at radius 3 is 2.52 bits per heavy atom. The molecular formula is C26H28N2O3. The molecule has 0 aliphatic carbocycles.